The largest absolute Gasteiger partial charge is 0.354 e. The normalized spacial score (nSPS) is 12.0. The Kier molecular flexibility index (Phi) is 5.25. The van der Waals surface area contributed by atoms with Crippen LogP contribution < -0.4 is 16.7 Å². The molecule has 4 N–H and O–H groups in total. The molecule has 1 aromatic carbocycles. The third kappa shape index (κ3) is 4.03. The van der Waals surface area contributed by atoms with Crippen LogP contribution in [0.25, 0.3) is 16.7 Å². The maximum absolute atomic E-state index is 12.4. The predicted octanol–water partition coefficient (Wildman–Crippen LogP) is 2.45. The van der Waals surface area contributed by atoms with Crippen molar-refractivity contribution < 1.29 is 0 Å². The van der Waals surface area contributed by atoms with E-state index in [4.69, 9.17) is 5.73 Å². The molecule has 0 bridgehead atoms. The van der Waals surface area contributed by atoms with Crippen LogP contribution in [-0.2, 0) is 12.0 Å². The SMILES string of the molecule is CC(C)(C)c1cc2cn(-c3ccc(CNCCCN)cc3)c(=O)nc2[nH]1. The average Bonchev–Trinajstić information content (AvgIpc) is 3.02. The molecule has 0 amide bonds. The zero-order chi connectivity index (χ0) is 18.7. The first kappa shape index (κ1) is 18.4. The summed E-state index contributed by atoms with van der Waals surface area (Å²) in [5.74, 6) is 0. The van der Waals surface area contributed by atoms with Crippen LogP contribution in [0.1, 0.15) is 38.4 Å². The van der Waals surface area contributed by atoms with Crippen LogP contribution in [-0.4, -0.2) is 27.6 Å². The van der Waals surface area contributed by atoms with E-state index in [0.29, 0.717) is 12.2 Å². The first-order valence-corrected chi connectivity index (χ1v) is 9.01. The first-order chi connectivity index (χ1) is 12.4. The zero-order valence-corrected chi connectivity index (χ0v) is 15.7. The fourth-order valence-corrected chi connectivity index (χ4v) is 2.82. The summed E-state index contributed by atoms with van der Waals surface area (Å²) in [6.07, 6.45) is 2.82. The fraction of sp³-hybridized carbons (Fsp3) is 0.400. The van der Waals surface area contributed by atoms with Gasteiger partial charge in [0, 0.05) is 29.2 Å². The van der Waals surface area contributed by atoms with Gasteiger partial charge in [-0.2, -0.15) is 4.98 Å². The number of aromatic amines is 1. The Balaban J connectivity index is 1.85. The summed E-state index contributed by atoms with van der Waals surface area (Å²) in [5.41, 5.74) is 8.87. The number of nitrogens with zero attached hydrogens (tertiary/aromatic N) is 2. The number of H-pyrrole nitrogens is 1. The van der Waals surface area contributed by atoms with E-state index in [9.17, 15) is 4.79 Å². The maximum Gasteiger partial charge on any atom is 0.354 e. The Morgan fingerprint density at radius 1 is 1.23 bits per heavy atom. The van der Waals surface area contributed by atoms with Gasteiger partial charge in [-0.25, -0.2) is 4.79 Å². The lowest BCUT2D eigenvalue weighted by Crippen LogP contribution is -2.21. The van der Waals surface area contributed by atoms with Gasteiger partial charge in [0.05, 0.1) is 5.69 Å². The van der Waals surface area contributed by atoms with E-state index in [1.807, 2.05) is 30.5 Å². The summed E-state index contributed by atoms with van der Waals surface area (Å²) in [6, 6.07) is 10.0. The molecule has 26 heavy (non-hydrogen) atoms. The third-order valence-corrected chi connectivity index (χ3v) is 4.42. The Morgan fingerprint density at radius 2 is 1.96 bits per heavy atom. The number of benzene rings is 1. The topological polar surface area (TPSA) is 88.7 Å². The van der Waals surface area contributed by atoms with Gasteiger partial charge in [0.25, 0.3) is 0 Å². The zero-order valence-electron chi connectivity index (χ0n) is 15.7. The van der Waals surface area contributed by atoms with E-state index >= 15 is 0 Å². The van der Waals surface area contributed by atoms with E-state index in [2.05, 4.69) is 42.1 Å². The van der Waals surface area contributed by atoms with E-state index in [1.165, 1.54) is 5.56 Å². The van der Waals surface area contributed by atoms with E-state index < -0.39 is 0 Å². The van der Waals surface area contributed by atoms with Gasteiger partial charge in [-0.05, 0) is 43.3 Å². The summed E-state index contributed by atoms with van der Waals surface area (Å²) in [6.45, 7) is 8.78. The highest BCUT2D eigenvalue weighted by Gasteiger charge is 2.17. The molecule has 0 saturated carbocycles. The van der Waals surface area contributed by atoms with Gasteiger partial charge in [0.1, 0.15) is 5.65 Å². The number of aromatic nitrogens is 3. The summed E-state index contributed by atoms with van der Waals surface area (Å²) in [5, 5.41) is 4.28. The number of nitrogens with one attached hydrogen (secondary N) is 2. The molecule has 6 heteroatoms. The molecule has 0 radical (unpaired) electrons. The molecule has 2 aromatic heterocycles. The molecule has 0 atom stereocenters. The fourth-order valence-electron chi connectivity index (χ4n) is 2.82. The highest BCUT2D eigenvalue weighted by molar-refractivity contribution is 5.76. The predicted molar refractivity (Wildman–Crippen MR) is 106 cm³/mol. The standard InChI is InChI=1S/C20H27N5O/c1-20(2,3)17-11-15-13-25(19(26)24-18(15)23-17)16-7-5-14(6-8-16)12-22-10-4-9-21/h5-8,11,13,22H,4,9-10,12,21H2,1-3H3,(H,23,24,26). The van der Waals surface area contributed by atoms with Crippen LogP contribution in [0.15, 0.2) is 41.3 Å². The van der Waals surface area contributed by atoms with Gasteiger partial charge < -0.3 is 16.0 Å². The van der Waals surface area contributed by atoms with Crippen LogP contribution in [0.4, 0.5) is 0 Å². The van der Waals surface area contributed by atoms with Crippen molar-refractivity contribution in [1.29, 1.82) is 0 Å². The van der Waals surface area contributed by atoms with Crippen LogP contribution >= 0.6 is 0 Å². The highest BCUT2D eigenvalue weighted by Crippen LogP contribution is 2.24. The lowest BCUT2D eigenvalue weighted by Gasteiger charge is -2.15. The van der Waals surface area contributed by atoms with Crippen molar-refractivity contribution in [3.8, 4) is 5.69 Å². The smallest absolute Gasteiger partial charge is 0.343 e. The lowest BCUT2D eigenvalue weighted by molar-refractivity contribution is 0.574. The summed E-state index contributed by atoms with van der Waals surface area (Å²) in [4.78, 5) is 19.9. The minimum Gasteiger partial charge on any atom is -0.343 e. The van der Waals surface area contributed by atoms with Crippen molar-refractivity contribution in [2.45, 2.75) is 39.2 Å². The van der Waals surface area contributed by atoms with Crippen LogP contribution in [0.3, 0.4) is 0 Å². The second-order valence-corrected chi connectivity index (χ2v) is 7.62. The van der Waals surface area contributed by atoms with Gasteiger partial charge in [-0.15, -0.1) is 0 Å². The minimum atomic E-state index is -0.284. The Bertz CT molecular complexity index is 931. The van der Waals surface area contributed by atoms with Crippen LogP contribution in [0.5, 0.6) is 0 Å². The molecule has 0 unspecified atom stereocenters. The Morgan fingerprint density at radius 3 is 2.62 bits per heavy atom. The number of rotatable bonds is 6. The van der Waals surface area contributed by atoms with Crippen molar-refractivity contribution in [3.05, 3.63) is 58.3 Å². The average molecular weight is 353 g/mol. The van der Waals surface area contributed by atoms with Gasteiger partial charge in [-0.3, -0.25) is 4.57 Å². The summed E-state index contributed by atoms with van der Waals surface area (Å²) >= 11 is 0. The monoisotopic (exact) mass is 353 g/mol. The molecule has 0 spiro atoms. The molecule has 0 saturated heterocycles. The molecule has 0 aliphatic rings. The lowest BCUT2D eigenvalue weighted by atomic mass is 9.92. The van der Waals surface area contributed by atoms with Crippen molar-refractivity contribution in [2.75, 3.05) is 13.1 Å². The molecule has 3 rings (SSSR count). The van der Waals surface area contributed by atoms with Gasteiger partial charge in [-0.1, -0.05) is 32.9 Å². The molecule has 138 valence electrons. The maximum atomic E-state index is 12.4. The summed E-state index contributed by atoms with van der Waals surface area (Å²) < 4.78 is 1.59. The second-order valence-electron chi connectivity index (χ2n) is 7.62. The molecule has 3 aromatic rings. The third-order valence-electron chi connectivity index (χ3n) is 4.42. The van der Waals surface area contributed by atoms with Crippen LogP contribution in [0.2, 0.25) is 0 Å². The van der Waals surface area contributed by atoms with Gasteiger partial charge in [0.2, 0.25) is 0 Å². The Hall–Kier alpha value is -2.44. The van der Waals surface area contributed by atoms with E-state index in [1.54, 1.807) is 4.57 Å². The van der Waals surface area contributed by atoms with E-state index in [-0.39, 0.29) is 11.1 Å². The molecule has 0 aliphatic heterocycles. The van der Waals surface area contributed by atoms with Crippen molar-refractivity contribution >= 4 is 11.0 Å². The molecular formula is C20H27N5O. The highest BCUT2D eigenvalue weighted by atomic mass is 16.1. The quantitative estimate of drug-likeness (QED) is 0.594. The number of hydrogen-bond acceptors (Lipinski definition) is 4. The number of fused-ring (bicyclic) bond motifs is 1. The second kappa shape index (κ2) is 7.43. The van der Waals surface area contributed by atoms with Crippen molar-refractivity contribution in [2.24, 2.45) is 5.73 Å². The Labute approximate surface area is 153 Å². The molecule has 6 nitrogen and oxygen atoms in total. The molecule has 0 aliphatic carbocycles. The van der Waals surface area contributed by atoms with Crippen molar-refractivity contribution in [3.63, 3.8) is 0 Å². The number of hydrogen-bond donors (Lipinski definition) is 3. The van der Waals surface area contributed by atoms with Gasteiger partial charge in [0.15, 0.2) is 0 Å². The van der Waals surface area contributed by atoms with Crippen LogP contribution in [0, 0.1) is 0 Å². The summed E-state index contributed by atoms with van der Waals surface area (Å²) in [7, 11) is 0. The molecule has 2 heterocycles. The van der Waals surface area contributed by atoms with Gasteiger partial charge >= 0.3 is 5.69 Å². The van der Waals surface area contributed by atoms with Crippen molar-refractivity contribution in [1.82, 2.24) is 19.9 Å². The van der Waals surface area contributed by atoms with E-state index in [0.717, 1.165) is 36.3 Å². The number of nitrogens with two attached hydrogens (primary N) is 1. The minimum absolute atomic E-state index is 0.0207. The first-order valence-electron chi connectivity index (χ1n) is 9.01. The molecule has 0 fully saturated rings. The molecular weight excluding hydrogens is 326 g/mol.